The highest BCUT2D eigenvalue weighted by Gasteiger charge is 2.44. The summed E-state index contributed by atoms with van der Waals surface area (Å²) in [6, 6.07) is 11.1. The van der Waals surface area contributed by atoms with Crippen molar-refractivity contribution < 1.29 is 14.7 Å². The number of carboxylic acid groups (broad SMARTS) is 1. The zero-order valence-corrected chi connectivity index (χ0v) is 16.5. The lowest BCUT2D eigenvalue weighted by Gasteiger charge is -2.38. The van der Waals surface area contributed by atoms with Crippen LogP contribution >= 0.6 is 12.4 Å². The van der Waals surface area contributed by atoms with Crippen LogP contribution in [0.2, 0.25) is 0 Å². The number of nitrogen functional groups attached to an aromatic ring is 1. The number of nitrogens with two attached hydrogens (primary N) is 1. The van der Waals surface area contributed by atoms with Gasteiger partial charge in [-0.1, -0.05) is 44.0 Å². The number of nitrogens with one attached hydrogen (secondary N) is 1. The first-order chi connectivity index (χ1) is 12.3. The van der Waals surface area contributed by atoms with E-state index in [0.29, 0.717) is 17.2 Å². The minimum absolute atomic E-state index is 0. The number of benzene rings is 2. The van der Waals surface area contributed by atoms with Crippen LogP contribution in [0.25, 0.3) is 10.8 Å². The summed E-state index contributed by atoms with van der Waals surface area (Å²) in [6.45, 7) is 3.80. The molecule has 0 bridgehead atoms. The molecule has 1 atom stereocenters. The molecule has 2 aromatic rings. The van der Waals surface area contributed by atoms with Crippen LogP contribution in [0.1, 0.15) is 49.9 Å². The lowest BCUT2D eigenvalue weighted by Crippen LogP contribution is -2.58. The molecule has 0 saturated heterocycles. The molecule has 1 amide bonds. The van der Waals surface area contributed by atoms with Crippen molar-refractivity contribution in [3.8, 4) is 0 Å². The van der Waals surface area contributed by atoms with Gasteiger partial charge in [-0.05, 0) is 54.5 Å². The Labute approximate surface area is 165 Å². The normalized spacial score (nSPS) is 21.7. The Bertz CT molecular complexity index is 846. The average Bonchev–Trinajstić information content (AvgIpc) is 2.61. The second kappa shape index (κ2) is 8.17. The van der Waals surface area contributed by atoms with Gasteiger partial charge in [-0.3, -0.25) is 4.79 Å². The fourth-order valence-electron chi connectivity index (χ4n) is 3.93. The summed E-state index contributed by atoms with van der Waals surface area (Å²) in [5.41, 5.74) is 5.45. The fourth-order valence-corrected chi connectivity index (χ4v) is 3.93. The summed E-state index contributed by atoms with van der Waals surface area (Å²) in [5.74, 6) is -0.903. The Morgan fingerprint density at radius 2 is 1.67 bits per heavy atom. The average molecular weight is 391 g/mol. The van der Waals surface area contributed by atoms with Crippen LogP contribution in [0, 0.1) is 11.8 Å². The SMILES string of the molecule is C[C@@](NC(=O)c1cc2ccccc2cc1N)(C(=O)O)[C@H]1CC[C@H](C)CC1.Cl. The van der Waals surface area contributed by atoms with Crippen LogP contribution in [0.15, 0.2) is 36.4 Å². The van der Waals surface area contributed by atoms with Gasteiger partial charge in [0, 0.05) is 5.69 Å². The van der Waals surface area contributed by atoms with Gasteiger partial charge in [-0.2, -0.15) is 0 Å². The van der Waals surface area contributed by atoms with E-state index in [1.165, 1.54) is 0 Å². The number of anilines is 1. The number of carboxylic acids is 1. The number of carbonyl (C=O) groups excluding carboxylic acids is 1. The summed E-state index contributed by atoms with van der Waals surface area (Å²) in [5, 5.41) is 14.5. The zero-order chi connectivity index (χ0) is 18.9. The van der Waals surface area contributed by atoms with Gasteiger partial charge in [0.05, 0.1) is 5.56 Å². The second-order valence-electron chi connectivity index (χ2n) is 7.71. The molecule has 146 valence electrons. The van der Waals surface area contributed by atoms with E-state index in [4.69, 9.17) is 5.73 Å². The molecule has 6 heteroatoms. The van der Waals surface area contributed by atoms with Crippen LogP contribution in [-0.4, -0.2) is 22.5 Å². The van der Waals surface area contributed by atoms with Gasteiger partial charge in [0.2, 0.25) is 0 Å². The van der Waals surface area contributed by atoms with E-state index in [1.807, 2.05) is 24.3 Å². The van der Waals surface area contributed by atoms with Crippen molar-refractivity contribution in [2.45, 2.75) is 45.1 Å². The lowest BCUT2D eigenvalue weighted by molar-refractivity contribution is -0.146. The standard InChI is InChI=1S/C21H26N2O3.ClH/c1-13-7-9-16(10-8-13)21(2,20(25)26)23-19(24)17-11-14-5-3-4-6-15(14)12-18(17)22;/h3-6,11-13,16H,7-10,22H2,1-2H3,(H,23,24)(H,25,26);1H/t13-,16-,21-;/m0./s1. The van der Waals surface area contributed by atoms with E-state index in [0.717, 1.165) is 36.5 Å². The molecular formula is C21H27ClN2O3. The number of hydrogen-bond donors (Lipinski definition) is 3. The molecule has 1 fully saturated rings. The number of halogens is 1. The zero-order valence-electron chi connectivity index (χ0n) is 15.7. The maximum absolute atomic E-state index is 12.9. The topological polar surface area (TPSA) is 92.4 Å². The Kier molecular flexibility index (Phi) is 6.37. The third-order valence-corrected chi connectivity index (χ3v) is 5.81. The molecule has 0 unspecified atom stereocenters. The second-order valence-corrected chi connectivity index (χ2v) is 7.71. The van der Waals surface area contributed by atoms with Crippen molar-refractivity contribution in [2.24, 2.45) is 11.8 Å². The predicted octanol–water partition coefficient (Wildman–Crippen LogP) is 4.24. The molecule has 27 heavy (non-hydrogen) atoms. The van der Waals surface area contributed by atoms with Crippen molar-refractivity contribution in [2.75, 3.05) is 5.73 Å². The summed E-state index contributed by atoms with van der Waals surface area (Å²) in [7, 11) is 0. The summed E-state index contributed by atoms with van der Waals surface area (Å²) in [4.78, 5) is 24.9. The molecule has 1 aliphatic carbocycles. The molecular weight excluding hydrogens is 364 g/mol. The molecule has 2 aromatic carbocycles. The number of carbonyl (C=O) groups is 2. The van der Waals surface area contributed by atoms with E-state index in [2.05, 4.69) is 12.2 Å². The molecule has 0 aromatic heterocycles. The molecule has 5 nitrogen and oxygen atoms in total. The first-order valence-corrected chi connectivity index (χ1v) is 9.15. The Hall–Kier alpha value is -2.27. The first kappa shape index (κ1) is 21.0. The van der Waals surface area contributed by atoms with Crippen molar-refractivity contribution in [1.29, 1.82) is 0 Å². The predicted molar refractivity (Wildman–Crippen MR) is 110 cm³/mol. The third-order valence-electron chi connectivity index (χ3n) is 5.81. The van der Waals surface area contributed by atoms with Crippen LogP contribution < -0.4 is 11.1 Å². The Morgan fingerprint density at radius 1 is 1.11 bits per heavy atom. The summed E-state index contributed by atoms with van der Waals surface area (Å²) >= 11 is 0. The van der Waals surface area contributed by atoms with Gasteiger partial charge in [-0.25, -0.2) is 4.79 Å². The van der Waals surface area contributed by atoms with Crippen molar-refractivity contribution in [3.05, 3.63) is 42.0 Å². The number of rotatable bonds is 4. The number of fused-ring (bicyclic) bond motifs is 1. The summed E-state index contributed by atoms with van der Waals surface area (Å²) in [6.07, 6.45) is 3.58. The minimum atomic E-state index is -1.30. The molecule has 1 aliphatic rings. The summed E-state index contributed by atoms with van der Waals surface area (Å²) < 4.78 is 0. The quantitative estimate of drug-likeness (QED) is 0.680. The highest BCUT2D eigenvalue weighted by Crippen LogP contribution is 2.36. The minimum Gasteiger partial charge on any atom is -0.480 e. The fraction of sp³-hybridized carbons (Fsp3) is 0.429. The van der Waals surface area contributed by atoms with Gasteiger partial charge in [0.25, 0.3) is 5.91 Å². The van der Waals surface area contributed by atoms with E-state index in [-0.39, 0.29) is 18.3 Å². The highest BCUT2D eigenvalue weighted by molar-refractivity contribution is 6.05. The third kappa shape index (κ3) is 4.19. The van der Waals surface area contributed by atoms with E-state index >= 15 is 0 Å². The van der Waals surface area contributed by atoms with Crippen molar-refractivity contribution in [3.63, 3.8) is 0 Å². The van der Waals surface area contributed by atoms with Crippen molar-refractivity contribution in [1.82, 2.24) is 5.32 Å². The Morgan fingerprint density at radius 3 is 2.22 bits per heavy atom. The van der Waals surface area contributed by atoms with Gasteiger partial charge in [0.1, 0.15) is 5.54 Å². The van der Waals surface area contributed by atoms with Crippen LogP contribution in [0.5, 0.6) is 0 Å². The smallest absolute Gasteiger partial charge is 0.329 e. The van der Waals surface area contributed by atoms with Gasteiger partial charge in [-0.15, -0.1) is 12.4 Å². The Balaban J connectivity index is 0.00000261. The maximum Gasteiger partial charge on any atom is 0.329 e. The largest absolute Gasteiger partial charge is 0.480 e. The monoisotopic (exact) mass is 390 g/mol. The van der Waals surface area contributed by atoms with Crippen LogP contribution in [-0.2, 0) is 4.79 Å². The molecule has 3 rings (SSSR count). The van der Waals surface area contributed by atoms with Crippen LogP contribution in [0.3, 0.4) is 0 Å². The molecule has 1 saturated carbocycles. The van der Waals surface area contributed by atoms with Gasteiger partial charge < -0.3 is 16.2 Å². The maximum atomic E-state index is 12.9. The number of hydrogen-bond acceptors (Lipinski definition) is 3. The van der Waals surface area contributed by atoms with Gasteiger partial charge in [0.15, 0.2) is 0 Å². The molecule has 4 N–H and O–H groups in total. The van der Waals surface area contributed by atoms with E-state index in [9.17, 15) is 14.7 Å². The number of amides is 1. The molecule has 0 aliphatic heterocycles. The van der Waals surface area contributed by atoms with E-state index in [1.54, 1.807) is 19.1 Å². The van der Waals surface area contributed by atoms with Gasteiger partial charge >= 0.3 is 5.97 Å². The first-order valence-electron chi connectivity index (χ1n) is 9.15. The van der Waals surface area contributed by atoms with E-state index < -0.39 is 17.4 Å². The lowest BCUT2D eigenvalue weighted by atomic mass is 9.72. The molecule has 0 heterocycles. The van der Waals surface area contributed by atoms with Crippen molar-refractivity contribution >= 4 is 40.7 Å². The molecule has 0 spiro atoms. The molecule has 0 radical (unpaired) electrons. The van der Waals surface area contributed by atoms with Crippen LogP contribution in [0.4, 0.5) is 5.69 Å². The number of aliphatic carboxylic acids is 1. The highest BCUT2D eigenvalue weighted by atomic mass is 35.5.